The first-order chi connectivity index (χ1) is 12.1. The molecule has 1 aliphatic carbocycles. The van der Waals surface area contributed by atoms with Crippen molar-refractivity contribution in [3.8, 4) is 0 Å². The molecule has 2 aliphatic heterocycles. The number of ether oxygens (including phenoxy) is 1. The predicted octanol–water partition coefficient (Wildman–Crippen LogP) is 2.04. The lowest BCUT2D eigenvalue weighted by molar-refractivity contribution is -0.133. The number of hydrogen-bond acceptors (Lipinski definition) is 4. The van der Waals surface area contributed by atoms with Crippen molar-refractivity contribution in [3.05, 3.63) is 0 Å². The van der Waals surface area contributed by atoms with Gasteiger partial charge in [-0.05, 0) is 51.9 Å². The number of carbonyl (C=O) groups excluding carboxylic acids is 2. The lowest BCUT2D eigenvalue weighted by Gasteiger charge is -2.29. The second kappa shape index (κ2) is 7.94. The zero-order valence-corrected chi connectivity index (χ0v) is 15.9. The Kier molecular flexibility index (Phi) is 5.87. The Hall–Kier alpha value is -1.30. The largest absolute Gasteiger partial charge is 0.450 e. The van der Waals surface area contributed by atoms with Gasteiger partial charge in [-0.15, -0.1) is 0 Å². The van der Waals surface area contributed by atoms with Gasteiger partial charge < -0.3 is 14.5 Å². The maximum atomic E-state index is 12.5. The fraction of sp³-hybridized carbons (Fsp3) is 0.895. The van der Waals surface area contributed by atoms with E-state index in [9.17, 15) is 9.59 Å². The highest BCUT2D eigenvalue weighted by atomic mass is 16.6. The van der Waals surface area contributed by atoms with Gasteiger partial charge in [0, 0.05) is 51.2 Å². The standard InChI is InChI=1S/C19H33N3O3/c1-4-20(5-2)18(23)17-15-12-22(13-16(15)17)14-8-7-10-21(11-9-14)19(24)25-6-3/h14-17H,4-13H2,1-3H3/t14?,15-,16+,17-. The highest BCUT2D eigenvalue weighted by Crippen LogP contribution is 2.53. The number of fused-ring (bicyclic) bond motifs is 1. The van der Waals surface area contributed by atoms with E-state index in [0.717, 1.165) is 58.5 Å². The van der Waals surface area contributed by atoms with Crippen molar-refractivity contribution < 1.29 is 14.3 Å². The second-order valence-electron chi connectivity index (χ2n) is 7.59. The van der Waals surface area contributed by atoms with Gasteiger partial charge in [-0.3, -0.25) is 9.69 Å². The van der Waals surface area contributed by atoms with Crippen LogP contribution in [0.2, 0.25) is 0 Å². The Morgan fingerprint density at radius 2 is 1.72 bits per heavy atom. The molecule has 0 aromatic carbocycles. The summed E-state index contributed by atoms with van der Waals surface area (Å²) in [5.41, 5.74) is 0. The summed E-state index contributed by atoms with van der Waals surface area (Å²) in [6, 6.07) is 0.552. The van der Waals surface area contributed by atoms with Gasteiger partial charge >= 0.3 is 6.09 Å². The van der Waals surface area contributed by atoms with Gasteiger partial charge in [0.25, 0.3) is 0 Å². The van der Waals surface area contributed by atoms with Crippen molar-refractivity contribution in [1.29, 1.82) is 0 Å². The minimum Gasteiger partial charge on any atom is -0.450 e. The number of rotatable bonds is 5. The van der Waals surface area contributed by atoms with Crippen LogP contribution >= 0.6 is 0 Å². The van der Waals surface area contributed by atoms with Gasteiger partial charge in [-0.2, -0.15) is 0 Å². The Bertz CT molecular complexity index is 482. The molecule has 0 radical (unpaired) electrons. The minimum absolute atomic E-state index is 0.169. The molecule has 6 heteroatoms. The summed E-state index contributed by atoms with van der Waals surface area (Å²) < 4.78 is 5.14. The lowest BCUT2D eigenvalue weighted by atomic mass is 10.1. The predicted molar refractivity (Wildman–Crippen MR) is 96.2 cm³/mol. The molecule has 4 atom stereocenters. The number of carbonyl (C=O) groups is 2. The molecule has 0 bridgehead atoms. The van der Waals surface area contributed by atoms with Crippen LogP contribution in [0.1, 0.15) is 40.0 Å². The highest BCUT2D eigenvalue weighted by molar-refractivity contribution is 5.82. The van der Waals surface area contributed by atoms with Crippen LogP contribution in [-0.2, 0) is 9.53 Å². The molecule has 0 N–H and O–H groups in total. The molecule has 3 fully saturated rings. The fourth-order valence-corrected chi connectivity index (χ4v) is 4.81. The van der Waals surface area contributed by atoms with Crippen molar-refractivity contribution in [1.82, 2.24) is 14.7 Å². The quantitative estimate of drug-likeness (QED) is 0.761. The molecule has 3 aliphatic rings. The van der Waals surface area contributed by atoms with Crippen LogP contribution < -0.4 is 0 Å². The van der Waals surface area contributed by atoms with Crippen molar-refractivity contribution in [2.45, 2.75) is 46.1 Å². The van der Waals surface area contributed by atoms with E-state index in [4.69, 9.17) is 4.74 Å². The van der Waals surface area contributed by atoms with Crippen molar-refractivity contribution in [3.63, 3.8) is 0 Å². The summed E-state index contributed by atoms with van der Waals surface area (Å²) in [7, 11) is 0. The average molecular weight is 351 g/mol. The second-order valence-corrected chi connectivity index (χ2v) is 7.59. The van der Waals surface area contributed by atoms with Gasteiger partial charge in [0.2, 0.25) is 5.91 Å². The Labute approximate surface area is 151 Å². The third-order valence-corrected chi connectivity index (χ3v) is 6.32. The maximum absolute atomic E-state index is 12.5. The van der Waals surface area contributed by atoms with Gasteiger partial charge in [0.1, 0.15) is 0 Å². The van der Waals surface area contributed by atoms with E-state index in [1.165, 1.54) is 0 Å². The summed E-state index contributed by atoms with van der Waals surface area (Å²) in [5, 5.41) is 0. The SMILES string of the molecule is CCOC(=O)N1CCCC(N2C[C@@H]3[C@H](C2)[C@@H]3C(=O)N(CC)CC)CC1. The summed E-state index contributed by atoms with van der Waals surface area (Å²) >= 11 is 0. The van der Waals surface area contributed by atoms with Crippen LogP contribution in [0.15, 0.2) is 0 Å². The van der Waals surface area contributed by atoms with Crippen molar-refractivity contribution in [2.75, 3.05) is 45.9 Å². The molecule has 2 heterocycles. The minimum atomic E-state index is -0.169. The molecule has 1 saturated carbocycles. The van der Waals surface area contributed by atoms with E-state index in [2.05, 4.69) is 18.7 Å². The zero-order valence-electron chi connectivity index (χ0n) is 15.9. The highest BCUT2D eigenvalue weighted by Gasteiger charge is 2.60. The molecule has 0 spiro atoms. The normalized spacial score (nSPS) is 32.0. The Balaban J connectivity index is 1.47. The third-order valence-electron chi connectivity index (χ3n) is 6.32. The molecular formula is C19H33N3O3. The number of piperidine rings is 1. The van der Waals surface area contributed by atoms with E-state index < -0.39 is 0 Å². The molecule has 142 valence electrons. The van der Waals surface area contributed by atoms with Crippen molar-refractivity contribution in [2.24, 2.45) is 17.8 Å². The Morgan fingerprint density at radius 3 is 2.32 bits per heavy atom. The maximum Gasteiger partial charge on any atom is 0.409 e. The first-order valence-electron chi connectivity index (χ1n) is 10.0. The molecule has 25 heavy (non-hydrogen) atoms. The third kappa shape index (κ3) is 3.78. The number of likely N-dealkylation sites (tertiary alicyclic amines) is 2. The monoisotopic (exact) mass is 351 g/mol. The number of hydrogen-bond donors (Lipinski definition) is 0. The van der Waals surface area contributed by atoms with Crippen LogP contribution in [-0.4, -0.2) is 78.6 Å². The fourth-order valence-electron chi connectivity index (χ4n) is 4.81. The number of nitrogens with zero attached hydrogens (tertiary/aromatic N) is 3. The van der Waals surface area contributed by atoms with E-state index in [-0.39, 0.29) is 12.0 Å². The lowest BCUT2D eigenvalue weighted by Crippen LogP contribution is -2.40. The van der Waals surface area contributed by atoms with Gasteiger partial charge in [-0.25, -0.2) is 4.79 Å². The molecule has 0 aromatic rings. The van der Waals surface area contributed by atoms with Gasteiger partial charge in [0.15, 0.2) is 0 Å². The summed E-state index contributed by atoms with van der Waals surface area (Å²) in [4.78, 5) is 30.9. The average Bonchev–Trinajstić information content (AvgIpc) is 3.22. The van der Waals surface area contributed by atoms with Crippen LogP contribution in [0.4, 0.5) is 4.79 Å². The van der Waals surface area contributed by atoms with Gasteiger partial charge in [-0.1, -0.05) is 0 Å². The topological polar surface area (TPSA) is 53.1 Å². The molecule has 2 amide bonds. The van der Waals surface area contributed by atoms with Crippen LogP contribution in [0.3, 0.4) is 0 Å². The smallest absolute Gasteiger partial charge is 0.409 e. The van der Waals surface area contributed by atoms with Crippen molar-refractivity contribution >= 4 is 12.0 Å². The molecule has 2 saturated heterocycles. The van der Waals surface area contributed by atoms with Crippen LogP contribution in [0.25, 0.3) is 0 Å². The van der Waals surface area contributed by atoms with E-state index in [1.807, 2.05) is 16.7 Å². The number of amides is 2. The van der Waals surface area contributed by atoms with E-state index >= 15 is 0 Å². The first-order valence-corrected chi connectivity index (χ1v) is 10.0. The first kappa shape index (κ1) is 18.5. The summed E-state index contributed by atoms with van der Waals surface area (Å²) in [6.07, 6.45) is 3.03. The van der Waals surface area contributed by atoms with E-state index in [1.54, 1.807) is 0 Å². The van der Waals surface area contributed by atoms with E-state index in [0.29, 0.717) is 30.4 Å². The molecule has 6 nitrogen and oxygen atoms in total. The summed E-state index contributed by atoms with van der Waals surface area (Å²) in [6.45, 7) is 11.8. The van der Waals surface area contributed by atoms with Crippen LogP contribution in [0, 0.1) is 17.8 Å². The Morgan fingerprint density at radius 1 is 1.04 bits per heavy atom. The van der Waals surface area contributed by atoms with Crippen LogP contribution in [0.5, 0.6) is 0 Å². The zero-order chi connectivity index (χ0) is 18.0. The molecule has 1 unspecified atom stereocenters. The molecule has 3 rings (SSSR count). The summed E-state index contributed by atoms with van der Waals surface area (Å²) in [5.74, 6) is 1.78. The molecular weight excluding hydrogens is 318 g/mol. The van der Waals surface area contributed by atoms with Gasteiger partial charge in [0.05, 0.1) is 6.61 Å². The molecule has 0 aromatic heterocycles.